The van der Waals surface area contributed by atoms with E-state index in [-0.39, 0.29) is 0 Å². The third-order valence-electron chi connectivity index (χ3n) is 3.79. The molecule has 14 heavy (non-hydrogen) atoms. The van der Waals surface area contributed by atoms with E-state index in [0.29, 0.717) is 5.41 Å². The lowest BCUT2D eigenvalue weighted by molar-refractivity contribution is 0.126. The fourth-order valence-corrected chi connectivity index (χ4v) is 4.24. The lowest BCUT2D eigenvalue weighted by atomic mass is 9.66. The largest absolute Gasteiger partial charge is 0.0888 e. The zero-order chi connectivity index (χ0) is 10.8. The molecule has 0 amide bonds. The standard InChI is InChI=1S/C13H25Br/c1-5-6-12(14)11-7-8-13(3,4)9-10(11)2/h10-12H,5-9H2,1-4H3. The second kappa shape index (κ2) is 5.01. The van der Waals surface area contributed by atoms with Crippen LogP contribution in [0.25, 0.3) is 0 Å². The van der Waals surface area contributed by atoms with Crippen molar-refractivity contribution in [3.8, 4) is 0 Å². The van der Waals surface area contributed by atoms with Gasteiger partial charge in [-0.25, -0.2) is 0 Å². The molecule has 0 heterocycles. The van der Waals surface area contributed by atoms with Gasteiger partial charge in [-0.2, -0.15) is 0 Å². The van der Waals surface area contributed by atoms with Crippen LogP contribution in [0.2, 0.25) is 0 Å². The van der Waals surface area contributed by atoms with Crippen LogP contribution in [0.5, 0.6) is 0 Å². The summed E-state index contributed by atoms with van der Waals surface area (Å²) in [6.07, 6.45) is 6.89. The van der Waals surface area contributed by atoms with Gasteiger partial charge in [-0.15, -0.1) is 0 Å². The summed E-state index contributed by atoms with van der Waals surface area (Å²) in [7, 11) is 0. The maximum atomic E-state index is 3.88. The van der Waals surface area contributed by atoms with Crippen LogP contribution in [0.15, 0.2) is 0 Å². The van der Waals surface area contributed by atoms with Gasteiger partial charge in [-0.05, 0) is 42.9 Å². The van der Waals surface area contributed by atoms with Crippen LogP contribution in [0.3, 0.4) is 0 Å². The molecule has 0 saturated heterocycles. The molecular formula is C13H25Br. The van der Waals surface area contributed by atoms with Gasteiger partial charge < -0.3 is 0 Å². The summed E-state index contributed by atoms with van der Waals surface area (Å²) in [6, 6.07) is 0. The second-order valence-electron chi connectivity index (χ2n) is 5.85. The molecular weight excluding hydrogens is 236 g/mol. The molecule has 0 nitrogen and oxygen atoms in total. The predicted octanol–water partition coefficient (Wildman–Crippen LogP) is 5.01. The third-order valence-corrected chi connectivity index (χ3v) is 4.93. The van der Waals surface area contributed by atoms with Crippen LogP contribution in [0.4, 0.5) is 0 Å². The molecule has 0 bridgehead atoms. The Hall–Kier alpha value is 0.480. The minimum Gasteiger partial charge on any atom is -0.0888 e. The van der Waals surface area contributed by atoms with E-state index in [0.717, 1.165) is 16.7 Å². The molecule has 1 fully saturated rings. The van der Waals surface area contributed by atoms with E-state index in [9.17, 15) is 0 Å². The zero-order valence-corrected chi connectivity index (χ0v) is 11.7. The molecule has 1 aliphatic carbocycles. The average molecular weight is 261 g/mol. The van der Waals surface area contributed by atoms with Crippen molar-refractivity contribution in [1.82, 2.24) is 0 Å². The van der Waals surface area contributed by atoms with Crippen molar-refractivity contribution in [2.45, 2.75) is 64.6 Å². The maximum absolute atomic E-state index is 3.88. The Morgan fingerprint density at radius 1 is 1.43 bits per heavy atom. The minimum absolute atomic E-state index is 0.592. The molecule has 0 N–H and O–H groups in total. The van der Waals surface area contributed by atoms with E-state index < -0.39 is 0 Å². The molecule has 3 atom stereocenters. The summed E-state index contributed by atoms with van der Waals surface area (Å²) in [4.78, 5) is 0.763. The van der Waals surface area contributed by atoms with Gasteiger partial charge in [0.2, 0.25) is 0 Å². The van der Waals surface area contributed by atoms with E-state index in [1.54, 1.807) is 0 Å². The molecule has 84 valence electrons. The Morgan fingerprint density at radius 2 is 2.07 bits per heavy atom. The topological polar surface area (TPSA) is 0 Å². The highest BCUT2D eigenvalue weighted by Crippen LogP contribution is 2.44. The normalized spacial score (nSPS) is 34.1. The molecule has 1 saturated carbocycles. The van der Waals surface area contributed by atoms with E-state index in [4.69, 9.17) is 0 Å². The van der Waals surface area contributed by atoms with Gasteiger partial charge in [0.1, 0.15) is 0 Å². The molecule has 0 radical (unpaired) electrons. The number of hydrogen-bond acceptors (Lipinski definition) is 0. The molecule has 0 aromatic carbocycles. The quantitative estimate of drug-likeness (QED) is 0.626. The molecule has 1 heteroatoms. The average Bonchev–Trinajstić information content (AvgIpc) is 2.02. The lowest BCUT2D eigenvalue weighted by Crippen LogP contribution is -2.32. The Kier molecular flexibility index (Phi) is 4.49. The number of alkyl halides is 1. The van der Waals surface area contributed by atoms with Gasteiger partial charge >= 0.3 is 0 Å². The highest BCUT2D eigenvalue weighted by atomic mass is 79.9. The lowest BCUT2D eigenvalue weighted by Gasteiger charge is -2.41. The van der Waals surface area contributed by atoms with Gasteiger partial charge in [-0.3, -0.25) is 0 Å². The van der Waals surface area contributed by atoms with Crippen LogP contribution < -0.4 is 0 Å². The van der Waals surface area contributed by atoms with Gasteiger partial charge in [0.25, 0.3) is 0 Å². The van der Waals surface area contributed by atoms with Crippen molar-refractivity contribution >= 4 is 15.9 Å². The first-order chi connectivity index (χ1) is 6.46. The van der Waals surface area contributed by atoms with Gasteiger partial charge in [0.05, 0.1) is 0 Å². The van der Waals surface area contributed by atoms with E-state index >= 15 is 0 Å². The van der Waals surface area contributed by atoms with Gasteiger partial charge in [0, 0.05) is 4.83 Å². The molecule has 3 unspecified atom stereocenters. The summed E-state index contributed by atoms with van der Waals surface area (Å²) in [5.41, 5.74) is 0.592. The van der Waals surface area contributed by atoms with Crippen molar-refractivity contribution < 1.29 is 0 Å². The van der Waals surface area contributed by atoms with Crippen molar-refractivity contribution in [2.75, 3.05) is 0 Å². The summed E-state index contributed by atoms with van der Waals surface area (Å²) in [6.45, 7) is 9.56. The monoisotopic (exact) mass is 260 g/mol. The van der Waals surface area contributed by atoms with E-state index in [1.165, 1.54) is 32.1 Å². The summed E-state index contributed by atoms with van der Waals surface area (Å²) in [5, 5.41) is 0. The van der Waals surface area contributed by atoms with Crippen molar-refractivity contribution in [2.24, 2.45) is 17.3 Å². The highest BCUT2D eigenvalue weighted by Gasteiger charge is 2.34. The zero-order valence-electron chi connectivity index (χ0n) is 10.1. The maximum Gasteiger partial charge on any atom is 0.0176 e. The van der Waals surface area contributed by atoms with Gasteiger partial charge in [-0.1, -0.05) is 50.0 Å². The second-order valence-corrected chi connectivity index (χ2v) is 7.03. The summed E-state index contributed by atoms with van der Waals surface area (Å²) >= 11 is 3.88. The third kappa shape index (κ3) is 3.25. The first-order valence-corrected chi connectivity index (χ1v) is 7.02. The van der Waals surface area contributed by atoms with Crippen LogP contribution in [-0.4, -0.2) is 4.83 Å². The van der Waals surface area contributed by atoms with Crippen molar-refractivity contribution in [3.63, 3.8) is 0 Å². The van der Waals surface area contributed by atoms with Crippen molar-refractivity contribution in [1.29, 1.82) is 0 Å². The summed E-state index contributed by atoms with van der Waals surface area (Å²) in [5.74, 6) is 1.82. The Bertz CT molecular complexity index is 174. The Labute approximate surface area is 98.0 Å². The minimum atomic E-state index is 0.592. The molecule has 0 aromatic heterocycles. The molecule has 1 aliphatic rings. The molecule has 0 aliphatic heterocycles. The Morgan fingerprint density at radius 3 is 2.57 bits per heavy atom. The van der Waals surface area contributed by atoms with E-state index in [1.807, 2.05) is 0 Å². The molecule has 1 rings (SSSR count). The Balaban J connectivity index is 2.49. The number of hydrogen-bond donors (Lipinski definition) is 0. The van der Waals surface area contributed by atoms with Crippen LogP contribution in [0, 0.1) is 17.3 Å². The smallest absolute Gasteiger partial charge is 0.0176 e. The first-order valence-electron chi connectivity index (χ1n) is 6.10. The molecule has 0 aromatic rings. The SMILES string of the molecule is CCCC(Br)C1CCC(C)(C)CC1C. The number of halogens is 1. The van der Waals surface area contributed by atoms with Crippen LogP contribution in [0.1, 0.15) is 59.8 Å². The van der Waals surface area contributed by atoms with Crippen molar-refractivity contribution in [3.05, 3.63) is 0 Å². The first kappa shape index (κ1) is 12.5. The molecule has 0 spiro atoms. The van der Waals surface area contributed by atoms with Gasteiger partial charge in [0.15, 0.2) is 0 Å². The highest BCUT2D eigenvalue weighted by molar-refractivity contribution is 9.09. The predicted molar refractivity (Wildman–Crippen MR) is 67.9 cm³/mol. The number of rotatable bonds is 3. The van der Waals surface area contributed by atoms with Crippen LogP contribution in [-0.2, 0) is 0 Å². The van der Waals surface area contributed by atoms with E-state index in [2.05, 4.69) is 43.6 Å². The van der Waals surface area contributed by atoms with Crippen LogP contribution >= 0.6 is 15.9 Å². The summed E-state index contributed by atoms with van der Waals surface area (Å²) < 4.78 is 0. The fraction of sp³-hybridized carbons (Fsp3) is 1.00. The fourth-order valence-electron chi connectivity index (χ4n) is 2.99.